The molecular weight excluding hydrogens is 383 g/mol. The third-order valence-corrected chi connectivity index (χ3v) is 4.74. The van der Waals surface area contributed by atoms with Crippen LogP contribution in [0.4, 0.5) is 4.39 Å². The van der Waals surface area contributed by atoms with Gasteiger partial charge in [0.25, 0.3) is 5.91 Å². The molecule has 0 saturated carbocycles. The number of carbonyl (C=O) groups is 1. The van der Waals surface area contributed by atoms with Crippen LogP contribution in [0.5, 0.6) is 0 Å². The Kier molecular flexibility index (Phi) is 6.44. The Bertz CT molecular complexity index is 1050. The first kappa shape index (κ1) is 20.0. The number of amides is 1. The van der Waals surface area contributed by atoms with Gasteiger partial charge >= 0.3 is 0 Å². The molecule has 7 heteroatoms. The van der Waals surface area contributed by atoms with Crippen molar-refractivity contribution in [1.82, 2.24) is 10.3 Å². The molecule has 0 bridgehead atoms. The van der Waals surface area contributed by atoms with Gasteiger partial charge in [-0.3, -0.25) is 9.59 Å². The van der Waals surface area contributed by atoms with Gasteiger partial charge in [0.2, 0.25) is 5.43 Å². The zero-order valence-corrected chi connectivity index (χ0v) is 15.9. The third kappa shape index (κ3) is 4.58. The van der Waals surface area contributed by atoms with Gasteiger partial charge < -0.3 is 15.4 Å². The predicted octanol–water partition coefficient (Wildman–Crippen LogP) is 3.57. The van der Waals surface area contributed by atoms with Gasteiger partial charge in [-0.05, 0) is 54.7 Å². The summed E-state index contributed by atoms with van der Waals surface area (Å²) in [6, 6.07) is 9.96. The third-order valence-electron chi connectivity index (χ3n) is 4.48. The highest BCUT2D eigenvalue weighted by atomic mass is 35.5. The van der Waals surface area contributed by atoms with E-state index in [0.717, 1.165) is 5.56 Å². The van der Waals surface area contributed by atoms with Crippen molar-refractivity contribution >= 4 is 28.4 Å². The zero-order valence-electron chi connectivity index (χ0n) is 15.1. The highest BCUT2D eigenvalue weighted by Crippen LogP contribution is 2.18. The summed E-state index contributed by atoms with van der Waals surface area (Å²) >= 11 is 5.84. The van der Waals surface area contributed by atoms with Crippen LogP contribution < -0.4 is 10.7 Å². The fourth-order valence-electron chi connectivity index (χ4n) is 2.98. The van der Waals surface area contributed by atoms with Crippen LogP contribution in [-0.4, -0.2) is 22.6 Å². The normalized spacial score (nSPS) is 11.0. The number of pyridine rings is 1. The zero-order chi connectivity index (χ0) is 20.1. The lowest BCUT2D eigenvalue weighted by Gasteiger charge is -2.08. The van der Waals surface area contributed by atoms with Crippen LogP contribution in [0.25, 0.3) is 10.9 Å². The van der Waals surface area contributed by atoms with Crippen LogP contribution in [0.3, 0.4) is 0 Å². The molecule has 1 heterocycles. The van der Waals surface area contributed by atoms with Gasteiger partial charge in [-0.25, -0.2) is 4.39 Å². The SMILES string of the molecule is O=C(NCc1ccc(Cl)cc1)c1c[nH]c2c(F)cc(CCCCO)cc2c1=O. The topological polar surface area (TPSA) is 82.2 Å². The minimum atomic E-state index is -0.540. The lowest BCUT2D eigenvalue weighted by Crippen LogP contribution is -2.28. The smallest absolute Gasteiger partial charge is 0.257 e. The lowest BCUT2D eigenvalue weighted by atomic mass is 10.0. The van der Waals surface area contributed by atoms with E-state index in [4.69, 9.17) is 16.7 Å². The number of unbranched alkanes of at least 4 members (excludes halogenated alkanes) is 1. The number of nitrogens with one attached hydrogen (secondary N) is 2. The first-order chi connectivity index (χ1) is 13.5. The minimum Gasteiger partial charge on any atom is -0.396 e. The second-order valence-electron chi connectivity index (χ2n) is 6.52. The molecule has 1 aromatic heterocycles. The Morgan fingerprint density at radius 3 is 2.61 bits per heavy atom. The maximum atomic E-state index is 14.3. The summed E-state index contributed by atoms with van der Waals surface area (Å²) in [6.45, 7) is 0.303. The maximum Gasteiger partial charge on any atom is 0.257 e. The van der Waals surface area contributed by atoms with E-state index in [9.17, 15) is 14.0 Å². The first-order valence-electron chi connectivity index (χ1n) is 8.97. The van der Waals surface area contributed by atoms with Crippen LogP contribution in [0.2, 0.25) is 5.02 Å². The average Bonchev–Trinajstić information content (AvgIpc) is 2.68. The molecule has 0 unspecified atom stereocenters. The molecule has 3 N–H and O–H groups in total. The molecule has 0 aliphatic rings. The number of aryl methyl sites for hydroxylation is 1. The van der Waals surface area contributed by atoms with Crippen LogP contribution in [0.15, 0.2) is 47.4 Å². The summed E-state index contributed by atoms with van der Waals surface area (Å²) < 4.78 is 14.3. The van der Waals surface area contributed by atoms with Crippen molar-refractivity contribution in [3.8, 4) is 0 Å². The van der Waals surface area contributed by atoms with Gasteiger partial charge in [0.15, 0.2) is 0 Å². The molecule has 28 heavy (non-hydrogen) atoms. The number of aliphatic hydroxyl groups is 1. The van der Waals surface area contributed by atoms with Crippen molar-refractivity contribution in [3.05, 3.63) is 80.3 Å². The number of hydrogen-bond acceptors (Lipinski definition) is 3. The van der Waals surface area contributed by atoms with E-state index in [1.165, 1.54) is 12.3 Å². The quantitative estimate of drug-likeness (QED) is 0.528. The monoisotopic (exact) mass is 402 g/mol. The van der Waals surface area contributed by atoms with Crippen molar-refractivity contribution in [3.63, 3.8) is 0 Å². The number of aromatic amines is 1. The average molecular weight is 403 g/mol. The second-order valence-corrected chi connectivity index (χ2v) is 6.96. The second kappa shape index (κ2) is 8.99. The largest absolute Gasteiger partial charge is 0.396 e. The van der Waals surface area contributed by atoms with E-state index in [-0.39, 0.29) is 29.6 Å². The molecule has 2 aromatic carbocycles. The van der Waals surface area contributed by atoms with Crippen molar-refractivity contribution in [2.45, 2.75) is 25.8 Å². The Labute approximate surface area is 166 Å². The number of benzene rings is 2. The number of halogens is 2. The van der Waals surface area contributed by atoms with Gasteiger partial charge in [-0.15, -0.1) is 0 Å². The fourth-order valence-corrected chi connectivity index (χ4v) is 3.10. The van der Waals surface area contributed by atoms with Crippen molar-refractivity contribution < 1.29 is 14.3 Å². The molecule has 1 amide bonds. The molecule has 146 valence electrons. The molecule has 0 radical (unpaired) electrons. The van der Waals surface area contributed by atoms with E-state index < -0.39 is 17.2 Å². The van der Waals surface area contributed by atoms with E-state index in [1.807, 2.05) is 0 Å². The molecule has 0 aliphatic carbocycles. The first-order valence-corrected chi connectivity index (χ1v) is 9.34. The van der Waals surface area contributed by atoms with Gasteiger partial charge in [0, 0.05) is 29.8 Å². The number of fused-ring (bicyclic) bond motifs is 1. The summed E-state index contributed by atoms with van der Waals surface area (Å²) in [5.41, 5.74) is 0.971. The molecule has 0 spiro atoms. The molecule has 0 aliphatic heterocycles. The molecule has 3 aromatic rings. The molecule has 0 fully saturated rings. The maximum absolute atomic E-state index is 14.3. The van der Waals surface area contributed by atoms with Gasteiger partial charge in [0.1, 0.15) is 11.4 Å². The highest BCUT2D eigenvalue weighted by molar-refractivity contribution is 6.30. The molecule has 3 rings (SSSR count). The summed E-state index contributed by atoms with van der Waals surface area (Å²) in [5.74, 6) is -1.08. The van der Waals surface area contributed by atoms with Crippen LogP contribution in [-0.2, 0) is 13.0 Å². The van der Waals surface area contributed by atoms with E-state index in [1.54, 1.807) is 30.3 Å². The van der Waals surface area contributed by atoms with Crippen LogP contribution >= 0.6 is 11.6 Å². The molecule has 0 atom stereocenters. The number of aromatic nitrogens is 1. The fraction of sp³-hybridized carbons (Fsp3) is 0.238. The number of carbonyl (C=O) groups excluding carboxylic acids is 1. The summed E-state index contributed by atoms with van der Waals surface area (Å²) in [5, 5.41) is 12.3. The van der Waals surface area contributed by atoms with Crippen molar-refractivity contribution in [2.24, 2.45) is 0 Å². The van der Waals surface area contributed by atoms with Crippen molar-refractivity contribution in [1.29, 1.82) is 0 Å². The Morgan fingerprint density at radius 2 is 1.89 bits per heavy atom. The number of hydrogen-bond donors (Lipinski definition) is 3. The van der Waals surface area contributed by atoms with E-state index in [0.29, 0.717) is 29.8 Å². The molecule has 5 nitrogen and oxygen atoms in total. The van der Waals surface area contributed by atoms with Crippen molar-refractivity contribution in [2.75, 3.05) is 6.61 Å². The Morgan fingerprint density at radius 1 is 1.14 bits per heavy atom. The van der Waals surface area contributed by atoms with E-state index in [2.05, 4.69) is 10.3 Å². The number of aliphatic hydroxyl groups excluding tert-OH is 1. The van der Waals surface area contributed by atoms with Gasteiger partial charge in [0.05, 0.1) is 5.52 Å². The van der Waals surface area contributed by atoms with Crippen LogP contribution in [0.1, 0.15) is 34.3 Å². The Hall–Kier alpha value is -2.70. The summed E-state index contributed by atoms with van der Waals surface area (Å²) in [7, 11) is 0. The van der Waals surface area contributed by atoms with Crippen LogP contribution in [0, 0.1) is 5.82 Å². The summed E-state index contributed by atoms with van der Waals surface area (Å²) in [4.78, 5) is 27.9. The number of rotatable bonds is 7. The Balaban J connectivity index is 1.84. The van der Waals surface area contributed by atoms with Gasteiger partial charge in [-0.2, -0.15) is 0 Å². The minimum absolute atomic E-state index is 0.0641. The molecular formula is C21H20ClFN2O3. The standard InChI is InChI=1S/C21H20ClFN2O3/c22-15-6-4-13(5-7-15)11-25-21(28)17-12-24-19-16(20(17)27)9-14(10-18(19)23)3-1-2-8-26/h4-7,9-10,12,26H,1-3,8,11H2,(H,24,27)(H,25,28). The predicted molar refractivity (Wildman–Crippen MR) is 107 cm³/mol. The highest BCUT2D eigenvalue weighted by Gasteiger charge is 2.15. The lowest BCUT2D eigenvalue weighted by molar-refractivity contribution is 0.0949. The number of H-pyrrole nitrogens is 1. The molecule has 0 saturated heterocycles. The summed E-state index contributed by atoms with van der Waals surface area (Å²) in [6.07, 6.45) is 3.06. The van der Waals surface area contributed by atoms with Gasteiger partial charge in [-0.1, -0.05) is 23.7 Å². The van der Waals surface area contributed by atoms with E-state index >= 15 is 0 Å².